The SMILES string of the molecule is CC1CC=CCC1COCCNCC(F)(F)F. The highest BCUT2D eigenvalue weighted by molar-refractivity contribution is 4.93. The van der Waals surface area contributed by atoms with Crippen molar-refractivity contribution >= 4 is 0 Å². The van der Waals surface area contributed by atoms with E-state index in [1.165, 1.54) is 0 Å². The van der Waals surface area contributed by atoms with Gasteiger partial charge in [0.05, 0.1) is 19.8 Å². The van der Waals surface area contributed by atoms with E-state index in [0.29, 0.717) is 25.0 Å². The maximum absolute atomic E-state index is 11.8. The second-order valence-corrected chi connectivity index (χ2v) is 4.55. The molecule has 0 aromatic heterocycles. The van der Waals surface area contributed by atoms with Crippen molar-refractivity contribution in [2.24, 2.45) is 11.8 Å². The lowest BCUT2D eigenvalue weighted by atomic mass is 9.85. The third kappa shape index (κ3) is 6.68. The van der Waals surface area contributed by atoms with Crippen molar-refractivity contribution in [1.82, 2.24) is 5.32 Å². The summed E-state index contributed by atoms with van der Waals surface area (Å²) in [5.74, 6) is 1.10. The molecule has 2 unspecified atom stereocenters. The van der Waals surface area contributed by atoms with Crippen LogP contribution in [0.1, 0.15) is 19.8 Å². The normalized spacial score (nSPS) is 25.2. The van der Waals surface area contributed by atoms with E-state index in [1.54, 1.807) is 0 Å². The zero-order valence-electron chi connectivity index (χ0n) is 10.1. The predicted molar refractivity (Wildman–Crippen MR) is 60.8 cm³/mol. The van der Waals surface area contributed by atoms with Gasteiger partial charge in [-0.15, -0.1) is 0 Å². The molecule has 0 saturated heterocycles. The Balaban J connectivity index is 1.99. The van der Waals surface area contributed by atoms with Gasteiger partial charge in [0.1, 0.15) is 0 Å². The Morgan fingerprint density at radius 3 is 2.65 bits per heavy atom. The van der Waals surface area contributed by atoms with Gasteiger partial charge in [-0.2, -0.15) is 13.2 Å². The van der Waals surface area contributed by atoms with Crippen LogP contribution < -0.4 is 5.32 Å². The quantitative estimate of drug-likeness (QED) is 0.579. The van der Waals surface area contributed by atoms with Crippen LogP contribution in [-0.2, 0) is 4.74 Å². The molecule has 1 aliphatic carbocycles. The first-order chi connectivity index (χ1) is 7.99. The molecule has 2 nitrogen and oxygen atoms in total. The van der Waals surface area contributed by atoms with Crippen molar-refractivity contribution in [1.29, 1.82) is 0 Å². The summed E-state index contributed by atoms with van der Waals surface area (Å²) in [6, 6.07) is 0. The largest absolute Gasteiger partial charge is 0.401 e. The molecule has 0 saturated carbocycles. The van der Waals surface area contributed by atoms with Gasteiger partial charge in [0.15, 0.2) is 0 Å². The van der Waals surface area contributed by atoms with E-state index in [0.717, 1.165) is 12.8 Å². The average molecular weight is 251 g/mol. The molecule has 5 heteroatoms. The van der Waals surface area contributed by atoms with Gasteiger partial charge < -0.3 is 10.1 Å². The van der Waals surface area contributed by atoms with Gasteiger partial charge in [-0.05, 0) is 24.7 Å². The molecule has 17 heavy (non-hydrogen) atoms. The zero-order valence-corrected chi connectivity index (χ0v) is 10.1. The van der Waals surface area contributed by atoms with E-state index in [1.807, 2.05) is 0 Å². The minimum atomic E-state index is -4.14. The average Bonchev–Trinajstić information content (AvgIpc) is 2.24. The maximum atomic E-state index is 11.8. The Hall–Kier alpha value is -0.550. The van der Waals surface area contributed by atoms with Crippen molar-refractivity contribution in [3.05, 3.63) is 12.2 Å². The summed E-state index contributed by atoms with van der Waals surface area (Å²) < 4.78 is 40.8. The zero-order chi connectivity index (χ0) is 12.7. The van der Waals surface area contributed by atoms with E-state index in [-0.39, 0.29) is 6.54 Å². The first-order valence-electron chi connectivity index (χ1n) is 5.99. The number of hydrogen-bond acceptors (Lipinski definition) is 2. The molecule has 0 amide bonds. The van der Waals surface area contributed by atoms with Crippen LogP contribution in [0.5, 0.6) is 0 Å². The molecule has 1 rings (SSSR count). The molecule has 1 N–H and O–H groups in total. The van der Waals surface area contributed by atoms with Crippen molar-refractivity contribution in [3.8, 4) is 0 Å². The standard InChI is InChI=1S/C12H20F3NO/c1-10-4-2-3-5-11(10)8-17-7-6-16-9-12(13,14)15/h2-3,10-11,16H,4-9H2,1H3. The first-order valence-corrected chi connectivity index (χ1v) is 5.99. The maximum Gasteiger partial charge on any atom is 0.401 e. The molecule has 0 radical (unpaired) electrons. The Kier molecular flexibility index (Phi) is 5.98. The molecule has 0 aliphatic heterocycles. The summed E-state index contributed by atoms with van der Waals surface area (Å²) >= 11 is 0. The number of nitrogens with one attached hydrogen (secondary N) is 1. The number of hydrogen-bond donors (Lipinski definition) is 1. The molecule has 0 spiro atoms. The van der Waals surface area contributed by atoms with Crippen molar-refractivity contribution < 1.29 is 17.9 Å². The number of rotatable bonds is 6. The number of ether oxygens (including phenoxy) is 1. The number of alkyl halides is 3. The van der Waals surface area contributed by atoms with E-state index in [4.69, 9.17) is 4.74 Å². The van der Waals surface area contributed by atoms with Gasteiger partial charge in [0.25, 0.3) is 0 Å². The van der Waals surface area contributed by atoms with Gasteiger partial charge in [0.2, 0.25) is 0 Å². The van der Waals surface area contributed by atoms with Crippen LogP contribution in [0.3, 0.4) is 0 Å². The smallest absolute Gasteiger partial charge is 0.380 e. The highest BCUT2D eigenvalue weighted by Crippen LogP contribution is 2.24. The fourth-order valence-corrected chi connectivity index (χ4v) is 1.85. The summed E-state index contributed by atoms with van der Waals surface area (Å²) in [7, 11) is 0. The Bertz CT molecular complexity index is 240. The van der Waals surface area contributed by atoms with Crippen LogP contribution in [0.25, 0.3) is 0 Å². The summed E-state index contributed by atoms with van der Waals surface area (Å²) in [6.45, 7) is 2.46. The second kappa shape index (κ2) is 7.01. The fourth-order valence-electron chi connectivity index (χ4n) is 1.85. The minimum absolute atomic E-state index is 0.246. The molecule has 0 aromatic carbocycles. The van der Waals surface area contributed by atoms with Gasteiger partial charge in [-0.3, -0.25) is 0 Å². The highest BCUT2D eigenvalue weighted by atomic mass is 19.4. The van der Waals surface area contributed by atoms with E-state index >= 15 is 0 Å². The van der Waals surface area contributed by atoms with Crippen LogP contribution in [0.15, 0.2) is 12.2 Å². The lowest BCUT2D eigenvalue weighted by Gasteiger charge is -2.24. The first kappa shape index (κ1) is 14.5. The van der Waals surface area contributed by atoms with E-state index in [2.05, 4.69) is 24.4 Å². The van der Waals surface area contributed by atoms with Crippen LogP contribution in [0, 0.1) is 11.8 Å². The lowest BCUT2D eigenvalue weighted by Crippen LogP contribution is -2.31. The topological polar surface area (TPSA) is 21.3 Å². The predicted octanol–water partition coefficient (Wildman–Crippen LogP) is 2.76. The summed E-state index contributed by atoms with van der Waals surface area (Å²) in [4.78, 5) is 0. The van der Waals surface area contributed by atoms with Gasteiger partial charge in [-0.25, -0.2) is 0 Å². The summed E-state index contributed by atoms with van der Waals surface area (Å²) in [6.07, 6.45) is 2.27. The van der Waals surface area contributed by atoms with Gasteiger partial charge >= 0.3 is 6.18 Å². The Morgan fingerprint density at radius 1 is 1.29 bits per heavy atom. The Morgan fingerprint density at radius 2 is 2.00 bits per heavy atom. The van der Waals surface area contributed by atoms with Crippen LogP contribution in [-0.4, -0.2) is 32.5 Å². The molecule has 2 atom stereocenters. The molecule has 0 aromatic rings. The minimum Gasteiger partial charge on any atom is -0.380 e. The number of allylic oxidation sites excluding steroid dienone is 2. The highest BCUT2D eigenvalue weighted by Gasteiger charge is 2.26. The van der Waals surface area contributed by atoms with Crippen molar-refractivity contribution in [2.45, 2.75) is 25.9 Å². The third-order valence-corrected chi connectivity index (χ3v) is 3.00. The van der Waals surface area contributed by atoms with Crippen molar-refractivity contribution in [3.63, 3.8) is 0 Å². The molecule has 0 bridgehead atoms. The van der Waals surface area contributed by atoms with Crippen LogP contribution in [0.4, 0.5) is 13.2 Å². The van der Waals surface area contributed by atoms with Crippen LogP contribution in [0.2, 0.25) is 0 Å². The molecule has 0 heterocycles. The van der Waals surface area contributed by atoms with E-state index < -0.39 is 12.7 Å². The molecular weight excluding hydrogens is 231 g/mol. The number of halogens is 3. The van der Waals surface area contributed by atoms with E-state index in [9.17, 15) is 13.2 Å². The molecule has 100 valence electrons. The summed E-state index contributed by atoms with van der Waals surface area (Å²) in [5, 5.41) is 2.31. The summed E-state index contributed by atoms with van der Waals surface area (Å²) in [5.41, 5.74) is 0. The lowest BCUT2D eigenvalue weighted by molar-refractivity contribution is -0.125. The fraction of sp³-hybridized carbons (Fsp3) is 0.833. The molecule has 1 aliphatic rings. The van der Waals surface area contributed by atoms with Gasteiger partial charge in [-0.1, -0.05) is 19.1 Å². The molecule has 0 fully saturated rings. The second-order valence-electron chi connectivity index (χ2n) is 4.55. The Labute approximate surface area is 100 Å². The van der Waals surface area contributed by atoms with Gasteiger partial charge in [0, 0.05) is 6.54 Å². The van der Waals surface area contributed by atoms with Crippen LogP contribution >= 0.6 is 0 Å². The van der Waals surface area contributed by atoms with Crippen molar-refractivity contribution in [2.75, 3.05) is 26.3 Å². The monoisotopic (exact) mass is 251 g/mol. The third-order valence-electron chi connectivity index (χ3n) is 3.00. The molecular formula is C12H20F3NO.